The van der Waals surface area contributed by atoms with Crippen molar-refractivity contribution >= 4 is 17.3 Å². The molecule has 0 fully saturated rings. The average molecular weight is 195 g/mol. The van der Waals surface area contributed by atoms with Crippen molar-refractivity contribution in [1.29, 1.82) is 0 Å². The van der Waals surface area contributed by atoms with Gasteiger partial charge in [0.2, 0.25) is 0 Å². The van der Waals surface area contributed by atoms with Crippen LogP contribution in [0.15, 0.2) is 30.7 Å². The highest BCUT2D eigenvalue weighted by Crippen LogP contribution is 2.10. The maximum atomic E-state index is 5.64. The summed E-state index contributed by atoms with van der Waals surface area (Å²) in [6.07, 6.45) is 4.92. The predicted molar refractivity (Wildman–Crippen MR) is 50.8 cm³/mol. The van der Waals surface area contributed by atoms with Gasteiger partial charge in [-0.1, -0.05) is 11.6 Å². The molecule has 13 heavy (non-hydrogen) atoms. The Kier molecular flexibility index (Phi) is 1.90. The van der Waals surface area contributed by atoms with Crippen LogP contribution < -0.4 is 5.73 Å². The molecule has 0 unspecified atom stereocenters. The molecule has 4 nitrogen and oxygen atoms in total. The van der Waals surface area contributed by atoms with E-state index in [0.29, 0.717) is 10.8 Å². The molecule has 2 heterocycles. The lowest BCUT2D eigenvalue weighted by molar-refractivity contribution is 0.874. The number of anilines is 1. The zero-order valence-corrected chi connectivity index (χ0v) is 7.44. The number of pyridine rings is 1. The molecule has 2 rings (SSSR count). The molecule has 0 saturated heterocycles. The van der Waals surface area contributed by atoms with Crippen LogP contribution in [0.1, 0.15) is 0 Å². The molecule has 0 spiro atoms. The van der Waals surface area contributed by atoms with Crippen LogP contribution in [-0.2, 0) is 0 Å². The number of nitrogens with zero attached hydrogens (tertiary/aromatic N) is 3. The van der Waals surface area contributed by atoms with Gasteiger partial charge in [-0.05, 0) is 12.1 Å². The number of hydrogen-bond donors (Lipinski definition) is 1. The first-order valence-corrected chi connectivity index (χ1v) is 4.05. The van der Waals surface area contributed by atoms with Crippen LogP contribution >= 0.6 is 11.6 Å². The summed E-state index contributed by atoms with van der Waals surface area (Å²) in [6.45, 7) is 0. The summed E-state index contributed by atoms with van der Waals surface area (Å²) in [4.78, 5) is 3.93. The van der Waals surface area contributed by atoms with Crippen molar-refractivity contribution in [2.45, 2.75) is 0 Å². The summed E-state index contributed by atoms with van der Waals surface area (Å²) >= 11 is 5.64. The number of nitrogen functional groups attached to an aromatic ring is 1. The smallest absolute Gasteiger partial charge is 0.129 e. The van der Waals surface area contributed by atoms with Crippen LogP contribution in [0.4, 0.5) is 5.69 Å². The zero-order valence-electron chi connectivity index (χ0n) is 6.68. The topological polar surface area (TPSA) is 56.7 Å². The second-order valence-electron chi connectivity index (χ2n) is 2.56. The predicted octanol–water partition coefficient (Wildman–Crippen LogP) is 1.50. The molecule has 0 aliphatic rings. The van der Waals surface area contributed by atoms with Crippen molar-refractivity contribution < 1.29 is 0 Å². The van der Waals surface area contributed by atoms with E-state index in [2.05, 4.69) is 10.1 Å². The Bertz CT molecular complexity index is 406. The van der Waals surface area contributed by atoms with E-state index >= 15 is 0 Å². The van der Waals surface area contributed by atoms with Gasteiger partial charge in [0.25, 0.3) is 0 Å². The first-order valence-electron chi connectivity index (χ1n) is 3.68. The van der Waals surface area contributed by atoms with Gasteiger partial charge in [-0.15, -0.1) is 0 Å². The minimum absolute atomic E-state index is 0.462. The van der Waals surface area contributed by atoms with Crippen molar-refractivity contribution in [1.82, 2.24) is 14.8 Å². The van der Waals surface area contributed by atoms with E-state index in [1.807, 2.05) is 6.07 Å². The monoisotopic (exact) mass is 194 g/mol. The molecule has 2 aromatic rings. The largest absolute Gasteiger partial charge is 0.396 e. The third kappa shape index (κ3) is 1.62. The molecule has 0 atom stereocenters. The molecular weight excluding hydrogens is 188 g/mol. The first-order chi connectivity index (χ1) is 6.25. The highest BCUT2D eigenvalue weighted by atomic mass is 35.5. The van der Waals surface area contributed by atoms with Crippen molar-refractivity contribution in [3.05, 3.63) is 35.9 Å². The molecule has 2 aromatic heterocycles. The maximum Gasteiger partial charge on any atom is 0.129 e. The first kappa shape index (κ1) is 8.07. The fourth-order valence-corrected chi connectivity index (χ4v) is 1.09. The summed E-state index contributed by atoms with van der Waals surface area (Å²) in [6, 6.07) is 3.52. The fourth-order valence-electron chi connectivity index (χ4n) is 0.981. The normalized spacial score (nSPS) is 10.2. The minimum atomic E-state index is 0.462. The van der Waals surface area contributed by atoms with Crippen LogP contribution in [0.25, 0.3) is 5.69 Å². The molecule has 5 heteroatoms. The van der Waals surface area contributed by atoms with Crippen LogP contribution in [0.2, 0.25) is 5.15 Å². The van der Waals surface area contributed by atoms with Gasteiger partial charge in [-0.3, -0.25) is 0 Å². The summed E-state index contributed by atoms with van der Waals surface area (Å²) < 4.78 is 1.64. The van der Waals surface area contributed by atoms with E-state index in [0.717, 1.165) is 5.69 Å². The molecule has 0 aromatic carbocycles. The Hall–Kier alpha value is -1.55. The highest BCUT2D eigenvalue weighted by molar-refractivity contribution is 6.29. The summed E-state index contributed by atoms with van der Waals surface area (Å²) in [5, 5.41) is 4.49. The minimum Gasteiger partial charge on any atom is -0.396 e. The van der Waals surface area contributed by atoms with Gasteiger partial charge in [0.05, 0.1) is 30.0 Å². The van der Waals surface area contributed by atoms with Gasteiger partial charge in [-0.25, -0.2) is 9.67 Å². The van der Waals surface area contributed by atoms with Gasteiger partial charge < -0.3 is 5.73 Å². The average Bonchev–Trinajstić information content (AvgIpc) is 2.53. The van der Waals surface area contributed by atoms with E-state index in [-0.39, 0.29) is 0 Å². The molecule has 0 aliphatic carbocycles. The number of hydrogen-bond acceptors (Lipinski definition) is 3. The van der Waals surface area contributed by atoms with Gasteiger partial charge in [0.1, 0.15) is 5.15 Å². The Balaban J connectivity index is 2.41. The fraction of sp³-hybridized carbons (Fsp3) is 0. The van der Waals surface area contributed by atoms with Crippen LogP contribution in [-0.4, -0.2) is 14.8 Å². The Morgan fingerprint density at radius 3 is 2.69 bits per heavy atom. The third-order valence-electron chi connectivity index (χ3n) is 1.58. The molecule has 0 bridgehead atoms. The van der Waals surface area contributed by atoms with E-state index in [4.69, 9.17) is 17.3 Å². The number of halogens is 1. The Morgan fingerprint density at radius 1 is 1.31 bits per heavy atom. The second-order valence-corrected chi connectivity index (χ2v) is 2.94. The molecule has 0 saturated carbocycles. The van der Waals surface area contributed by atoms with Crippen LogP contribution in [0, 0.1) is 0 Å². The molecular formula is C8H7ClN4. The molecule has 2 N–H and O–H groups in total. The van der Waals surface area contributed by atoms with Crippen LogP contribution in [0.5, 0.6) is 0 Å². The van der Waals surface area contributed by atoms with Crippen molar-refractivity contribution in [2.24, 2.45) is 0 Å². The summed E-state index contributed by atoms with van der Waals surface area (Å²) in [5.74, 6) is 0. The molecule has 0 aliphatic heterocycles. The number of rotatable bonds is 1. The summed E-state index contributed by atoms with van der Waals surface area (Å²) in [5.41, 5.74) is 6.97. The quantitative estimate of drug-likeness (QED) is 0.700. The van der Waals surface area contributed by atoms with E-state index in [1.165, 1.54) is 0 Å². The lowest BCUT2D eigenvalue weighted by Crippen LogP contribution is -1.94. The van der Waals surface area contributed by atoms with Gasteiger partial charge in [0, 0.05) is 0 Å². The zero-order chi connectivity index (χ0) is 9.26. The van der Waals surface area contributed by atoms with E-state index in [1.54, 1.807) is 29.3 Å². The molecule has 66 valence electrons. The number of nitrogens with two attached hydrogens (primary N) is 1. The van der Waals surface area contributed by atoms with Crippen LogP contribution in [0.3, 0.4) is 0 Å². The molecule has 0 radical (unpaired) electrons. The standard InChI is InChI=1S/C8H7ClN4/c9-8-2-1-7(4-11-8)13-5-6(10)3-12-13/h1-5H,10H2. The summed E-state index contributed by atoms with van der Waals surface area (Å²) in [7, 11) is 0. The Morgan fingerprint density at radius 2 is 2.15 bits per heavy atom. The maximum absolute atomic E-state index is 5.64. The van der Waals surface area contributed by atoms with E-state index in [9.17, 15) is 0 Å². The van der Waals surface area contributed by atoms with E-state index < -0.39 is 0 Å². The van der Waals surface area contributed by atoms with Gasteiger partial charge in [-0.2, -0.15) is 5.10 Å². The molecule has 0 amide bonds. The highest BCUT2D eigenvalue weighted by Gasteiger charge is 1.98. The van der Waals surface area contributed by atoms with Crippen molar-refractivity contribution in [3.63, 3.8) is 0 Å². The third-order valence-corrected chi connectivity index (χ3v) is 1.80. The SMILES string of the molecule is Nc1cnn(-c2ccc(Cl)nc2)c1. The number of aromatic nitrogens is 3. The van der Waals surface area contributed by atoms with Gasteiger partial charge >= 0.3 is 0 Å². The van der Waals surface area contributed by atoms with Gasteiger partial charge in [0.15, 0.2) is 0 Å². The lowest BCUT2D eigenvalue weighted by atomic mass is 10.4. The second kappa shape index (κ2) is 3.06. The Labute approximate surface area is 80.0 Å². The lowest BCUT2D eigenvalue weighted by Gasteiger charge is -1.98. The van der Waals surface area contributed by atoms with Crippen molar-refractivity contribution in [3.8, 4) is 5.69 Å². The van der Waals surface area contributed by atoms with Crippen molar-refractivity contribution in [2.75, 3.05) is 5.73 Å².